The van der Waals surface area contributed by atoms with Crippen LogP contribution in [0.25, 0.3) is 0 Å². The zero-order valence-electron chi connectivity index (χ0n) is 13.7. The van der Waals surface area contributed by atoms with E-state index in [1.807, 2.05) is 18.7 Å². The Morgan fingerprint density at radius 1 is 1.35 bits per heavy atom. The van der Waals surface area contributed by atoms with E-state index < -0.39 is 10.0 Å². The molecule has 3 rings (SSSR count). The highest BCUT2D eigenvalue weighted by Crippen LogP contribution is 2.38. The van der Waals surface area contributed by atoms with Gasteiger partial charge >= 0.3 is 0 Å². The zero-order valence-corrected chi connectivity index (χ0v) is 14.5. The number of benzene rings is 1. The molecule has 1 amide bonds. The van der Waals surface area contributed by atoms with Crippen LogP contribution < -0.4 is 9.62 Å². The first kappa shape index (κ1) is 16.5. The Labute approximate surface area is 138 Å². The van der Waals surface area contributed by atoms with Crippen LogP contribution in [0.3, 0.4) is 0 Å². The molecule has 126 valence electrons. The Hall–Kier alpha value is -1.40. The fourth-order valence-electron chi connectivity index (χ4n) is 3.28. The Kier molecular flexibility index (Phi) is 4.47. The minimum absolute atomic E-state index is 0.0969. The van der Waals surface area contributed by atoms with Gasteiger partial charge in [-0.2, -0.15) is 0 Å². The molecule has 1 atom stereocenters. The maximum absolute atomic E-state index is 12.6. The maximum atomic E-state index is 12.6. The predicted molar refractivity (Wildman–Crippen MR) is 89.9 cm³/mol. The highest BCUT2D eigenvalue weighted by Gasteiger charge is 2.37. The second-order valence-electron chi connectivity index (χ2n) is 6.58. The van der Waals surface area contributed by atoms with E-state index in [1.54, 1.807) is 18.2 Å². The molecule has 1 fully saturated rings. The van der Waals surface area contributed by atoms with Gasteiger partial charge in [-0.1, -0.05) is 13.3 Å². The summed E-state index contributed by atoms with van der Waals surface area (Å²) < 4.78 is 27.1. The number of carbonyl (C=O) groups is 1. The normalized spacial score (nSPS) is 21.1. The van der Waals surface area contributed by atoms with Crippen molar-refractivity contribution < 1.29 is 13.2 Å². The van der Waals surface area contributed by atoms with E-state index in [4.69, 9.17) is 0 Å². The molecular formula is C17H24N2O3S. The van der Waals surface area contributed by atoms with Crippen molar-refractivity contribution in [1.82, 2.24) is 4.72 Å². The van der Waals surface area contributed by atoms with E-state index in [2.05, 4.69) is 4.72 Å². The van der Waals surface area contributed by atoms with Gasteiger partial charge in [0.05, 0.1) is 4.90 Å². The van der Waals surface area contributed by atoms with Crippen LogP contribution in [0.2, 0.25) is 0 Å². The van der Waals surface area contributed by atoms with Gasteiger partial charge in [0.15, 0.2) is 0 Å². The third-order valence-electron chi connectivity index (χ3n) is 4.81. The molecule has 23 heavy (non-hydrogen) atoms. The second kappa shape index (κ2) is 6.24. The molecule has 1 aliphatic heterocycles. The molecule has 2 aliphatic rings. The topological polar surface area (TPSA) is 66.5 Å². The number of hydrogen-bond donors (Lipinski definition) is 1. The van der Waals surface area contributed by atoms with Crippen LogP contribution in [0.5, 0.6) is 0 Å². The lowest BCUT2D eigenvalue weighted by atomic mass is 9.84. The summed E-state index contributed by atoms with van der Waals surface area (Å²) in [6.07, 6.45) is 4.55. The standard InChI is InChI=1S/C17H24N2O3S/c1-3-9-18-23(21,22)15-7-8-16-14(11-15)10-12(2)19(16)17(20)13-5-4-6-13/h7-8,11-13,18H,3-6,9-10H2,1-2H3/t12-/m1/s1. The fourth-order valence-corrected chi connectivity index (χ4v) is 4.47. The first-order valence-electron chi connectivity index (χ1n) is 8.39. The average molecular weight is 336 g/mol. The monoisotopic (exact) mass is 336 g/mol. The van der Waals surface area contributed by atoms with Gasteiger partial charge in [-0.25, -0.2) is 13.1 Å². The molecule has 5 nitrogen and oxygen atoms in total. The molecule has 1 heterocycles. The van der Waals surface area contributed by atoms with Gasteiger partial charge in [0, 0.05) is 24.2 Å². The van der Waals surface area contributed by atoms with Crippen molar-refractivity contribution in [1.29, 1.82) is 0 Å². The van der Waals surface area contributed by atoms with Crippen LogP contribution in [0.4, 0.5) is 5.69 Å². The number of hydrogen-bond acceptors (Lipinski definition) is 3. The lowest BCUT2D eigenvalue weighted by molar-refractivity contribution is -0.125. The number of nitrogens with zero attached hydrogens (tertiary/aromatic N) is 1. The molecule has 6 heteroatoms. The van der Waals surface area contributed by atoms with Gasteiger partial charge in [0.25, 0.3) is 0 Å². The van der Waals surface area contributed by atoms with E-state index >= 15 is 0 Å². The van der Waals surface area contributed by atoms with E-state index in [0.29, 0.717) is 13.0 Å². The van der Waals surface area contributed by atoms with Crippen molar-refractivity contribution in [3.8, 4) is 0 Å². The number of sulfonamides is 1. The number of amides is 1. The molecule has 0 unspecified atom stereocenters. The molecular weight excluding hydrogens is 312 g/mol. The van der Waals surface area contributed by atoms with E-state index in [9.17, 15) is 13.2 Å². The minimum atomic E-state index is -3.46. The van der Waals surface area contributed by atoms with Crippen molar-refractivity contribution in [2.45, 2.75) is 56.9 Å². The van der Waals surface area contributed by atoms with Crippen molar-refractivity contribution in [2.24, 2.45) is 5.92 Å². The number of anilines is 1. The maximum Gasteiger partial charge on any atom is 0.240 e. The summed E-state index contributed by atoms with van der Waals surface area (Å²) in [5.74, 6) is 0.347. The highest BCUT2D eigenvalue weighted by molar-refractivity contribution is 7.89. The summed E-state index contributed by atoms with van der Waals surface area (Å²) in [6, 6.07) is 5.21. The summed E-state index contributed by atoms with van der Waals surface area (Å²) in [7, 11) is -3.46. The van der Waals surface area contributed by atoms with E-state index in [0.717, 1.165) is 36.9 Å². The summed E-state index contributed by atoms with van der Waals surface area (Å²) in [5, 5.41) is 0. The van der Waals surface area contributed by atoms with Crippen LogP contribution in [-0.2, 0) is 21.2 Å². The smallest absolute Gasteiger partial charge is 0.240 e. The van der Waals surface area contributed by atoms with Crippen LogP contribution in [0.15, 0.2) is 23.1 Å². The fraction of sp³-hybridized carbons (Fsp3) is 0.588. The third-order valence-corrected chi connectivity index (χ3v) is 6.27. The second-order valence-corrected chi connectivity index (χ2v) is 8.34. The van der Waals surface area contributed by atoms with Gasteiger partial charge < -0.3 is 4.90 Å². The summed E-state index contributed by atoms with van der Waals surface area (Å²) in [6.45, 7) is 4.39. The summed E-state index contributed by atoms with van der Waals surface area (Å²) in [5.41, 5.74) is 1.83. The van der Waals surface area contributed by atoms with Crippen LogP contribution in [0, 0.1) is 5.92 Å². The molecule has 1 N–H and O–H groups in total. The SMILES string of the molecule is CCCNS(=O)(=O)c1ccc2c(c1)C[C@@H](C)N2C(=O)C1CCC1. The molecule has 0 radical (unpaired) electrons. The highest BCUT2D eigenvalue weighted by atomic mass is 32.2. The van der Waals surface area contributed by atoms with E-state index in [-0.39, 0.29) is 22.8 Å². The molecule has 1 aromatic rings. The Bertz CT molecular complexity index is 711. The molecule has 0 bridgehead atoms. The van der Waals surface area contributed by atoms with Crippen LogP contribution in [0.1, 0.15) is 45.1 Å². The Morgan fingerprint density at radius 3 is 2.70 bits per heavy atom. The third kappa shape index (κ3) is 3.02. The lowest BCUT2D eigenvalue weighted by Crippen LogP contribution is -2.42. The first-order chi connectivity index (χ1) is 10.9. The zero-order chi connectivity index (χ0) is 16.6. The summed E-state index contributed by atoms with van der Waals surface area (Å²) in [4.78, 5) is 14.8. The Balaban J connectivity index is 1.87. The van der Waals surface area contributed by atoms with Gasteiger partial charge in [0.2, 0.25) is 15.9 Å². The number of rotatable bonds is 5. The van der Waals surface area contributed by atoms with Gasteiger partial charge in [-0.15, -0.1) is 0 Å². The quantitative estimate of drug-likeness (QED) is 0.898. The van der Waals surface area contributed by atoms with Crippen LogP contribution >= 0.6 is 0 Å². The van der Waals surface area contributed by atoms with Gasteiger partial charge in [-0.05, 0) is 56.4 Å². The molecule has 0 saturated heterocycles. The first-order valence-corrected chi connectivity index (χ1v) is 9.88. The predicted octanol–water partition coefficient (Wildman–Crippen LogP) is 2.45. The van der Waals surface area contributed by atoms with Crippen molar-refractivity contribution in [3.63, 3.8) is 0 Å². The molecule has 1 saturated carbocycles. The molecule has 1 aromatic carbocycles. The van der Waals surface area contributed by atoms with Gasteiger partial charge in [-0.3, -0.25) is 4.79 Å². The number of fused-ring (bicyclic) bond motifs is 1. The van der Waals surface area contributed by atoms with E-state index in [1.165, 1.54) is 0 Å². The van der Waals surface area contributed by atoms with Crippen LogP contribution in [-0.4, -0.2) is 26.9 Å². The summed E-state index contributed by atoms with van der Waals surface area (Å²) >= 11 is 0. The molecule has 0 aromatic heterocycles. The van der Waals surface area contributed by atoms with Crippen molar-refractivity contribution in [3.05, 3.63) is 23.8 Å². The minimum Gasteiger partial charge on any atom is -0.309 e. The lowest BCUT2D eigenvalue weighted by Gasteiger charge is -2.32. The number of carbonyl (C=O) groups excluding carboxylic acids is 1. The number of nitrogens with one attached hydrogen (secondary N) is 1. The van der Waals surface area contributed by atoms with Crippen molar-refractivity contribution >= 4 is 21.6 Å². The average Bonchev–Trinajstić information content (AvgIpc) is 2.78. The largest absolute Gasteiger partial charge is 0.309 e. The van der Waals surface area contributed by atoms with Gasteiger partial charge in [0.1, 0.15) is 0 Å². The Morgan fingerprint density at radius 2 is 2.09 bits per heavy atom. The van der Waals surface area contributed by atoms with Crippen molar-refractivity contribution in [2.75, 3.05) is 11.4 Å². The molecule has 1 aliphatic carbocycles. The molecule has 0 spiro atoms.